The molecule has 0 aliphatic carbocycles. The summed E-state index contributed by atoms with van der Waals surface area (Å²) < 4.78 is 0. The van der Waals surface area contributed by atoms with Gasteiger partial charge in [0.15, 0.2) is 5.11 Å². The lowest BCUT2D eigenvalue weighted by Gasteiger charge is -2.12. The molecule has 0 saturated carbocycles. The fraction of sp³-hybridized carbons (Fsp3) is 0.333. The third kappa shape index (κ3) is 4.72. The highest BCUT2D eigenvalue weighted by Gasteiger charge is 2.11. The zero-order valence-electron chi connectivity index (χ0n) is 16.6. The van der Waals surface area contributed by atoms with Crippen LogP contribution in [0.5, 0.6) is 0 Å². The Morgan fingerprint density at radius 3 is 2.39 bits per heavy atom. The third-order valence-corrected chi connectivity index (χ3v) is 4.60. The first-order chi connectivity index (χ1) is 13.4. The first-order valence-electron chi connectivity index (χ1n) is 9.43. The van der Waals surface area contributed by atoms with Gasteiger partial charge in [-0.25, -0.2) is 0 Å². The second-order valence-electron chi connectivity index (χ2n) is 7.27. The van der Waals surface area contributed by atoms with Gasteiger partial charge in [-0.1, -0.05) is 32.9 Å². The summed E-state index contributed by atoms with van der Waals surface area (Å²) in [5.41, 5.74) is 5.52. The molecule has 3 rings (SSSR count). The molecule has 6 nitrogen and oxygen atoms in total. The topological polar surface area (TPSA) is 71.8 Å². The summed E-state index contributed by atoms with van der Waals surface area (Å²) in [6.07, 6.45) is 1.43. The molecule has 3 aromatic rings. The van der Waals surface area contributed by atoms with Gasteiger partial charge in [-0.05, 0) is 66.9 Å². The molecule has 28 heavy (non-hydrogen) atoms. The van der Waals surface area contributed by atoms with Crippen LogP contribution >= 0.6 is 12.2 Å². The summed E-state index contributed by atoms with van der Waals surface area (Å²) in [5, 5.41) is 15.3. The number of hydrogen-bond donors (Lipinski definition) is 2. The minimum atomic E-state index is -0.0901. The number of nitrogens with zero attached hydrogens (tertiary/aromatic N) is 3. The molecule has 0 aliphatic heterocycles. The lowest BCUT2D eigenvalue weighted by Crippen LogP contribution is -2.34. The maximum Gasteiger partial charge on any atom is 0.226 e. The Kier molecular flexibility index (Phi) is 6.04. The summed E-state index contributed by atoms with van der Waals surface area (Å²) in [5.74, 6) is 0.190. The minimum Gasteiger partial charge on any atom is -0.332 e. The van der Waals surface area contributed by atoms with Crippen LogP contribution in [0.3, 0.4) is 0 Å². The number of carbonyl (C=O) groups excluding carboxylic acids is 1. The Morgan fingerprint density at radius 1 is 1.14 bits per heavy atom. The number of aryl methyl sites for hydroxylation is 2. The van der Waals surface area contributed by atoms with Gasteiger partial charge in [0.2, 0.25) is 5.91 Å². The van der Waals surface area contributed by atoms with Crippen molar-refractivity contribution in [2.45, 2.75) is 40.5 Å². The molecule has 0 spiro atoms. The second kappa shape index (κ2) is 8.48. The van der Waals surface area contributed by atoms with Crippen molar-refractivity contribution < 1.29 is 4.79 Å². The van der Waals surface area contributed by atoms with Crippen molar-refractivity contribution in [3.05, 3.63) is 47.5 Å². The van der Waals surface area contributed by atoms with E-state index in [1.165, 1.54) is 5.56 Å². The molecule has 146 valence electrons. The molecule has 1 aromatic heterocycles. The SMILES string of the molecule is CCc1ccc(-n2nc3cc(C)c(NC(=S)NC(=O)CC(C)C)cc3n2)cc1. The fourth-order valence-electron chi connectivity index (χ4n) is 2.89. The van der Waals surface area contributed by atoms with Crippen molar-refractivity contribution in [1.29, 1.82) is 0 Å². The van der Waals surface area contributed by atoms with Crippen LogP contribution in [-0.4, -0.2) is 26.0 Å². The number of fused-ring (bicyclic) bond motifs is 1. The highest BCUT2D eigenvalue weighted by Crippen LogP contribution is 2.22. The van der Waals surface area contributed by atoms with Gasteiger partial charge in [0, 0.05) is 12.1 Å². The highest BCUT2D eigenvalue weighted by molar-refractivity contribution is 7.80. The molecular formula is C21H25N5OS. The average Bonchev–Trinajstić information content (AvgIpc) is 3.03. The van der Waals surface area contributed by atoms with Gasteiger partial charge in [-0.15, -0.1) is 10.2 Å². The molecule has 0 saturated heterocycles. The Labute approximate surface area is 170 Å². The molecular weight excluding hydrogens is 370 g/mol. The number of carbonyl (C=O) groups is 1. The first kappa shape index (κ1) is 19.9. The molecule has 1 heterocycles. The number of aromatic nitrogens is 3. The summed E-state index contributed by atoms with van der Waals surface area (Å²) in [4.78, 5) is 13.5. The molecule has 1 amide bonds. The zero-order chi connectivity index (χ0) is 20.3. The summed E-state index contributed by atoms with van der Waals surface area (Å²) in [6, 6.07) is 12.1. The zero-order valence-corrected chi connectivity index (χ0v) is 17.4. The lowest BCUT2D eigenvalue weighted by molar-refractivity contribution is -0.120. The number of rotatable bonds is 5. The van der Waals surface area contributed by atoms with Gasteiger partial charge >= 0.3 is 0 Å². The van der Waals surface area contributed by atoms with Crippen LogP contribution in [0.1, 0.15) is 38.3 Å². The molecule has 0 fully saturated rings. The third-order valence-electron chi connectivity index (χ3n) is 4.40. The molecule has 0 atom stereocenters. The molecule has 0 unspecified atom stereocenters. The molecule has 2 aromatic carbocycles. The fourth-order valence-corrected chi connectivity index (χ4v) is 3.11. The van der Waals surface area contributed by atoms with Crippen LogP contribution in [0.15, 0.2) is 36.4 Å². The van der Waals surface area contributed by atoms with Gasteiger partial charge in [-0.3, -0.25) is 4.79 Å². The normalized spacial score (nSPS) is 11.0. The van der Waals surface area contributed by atoms with E-state index in [4.69, 9.17) is 12.2 Å². The molecule has 0 radical (unpaired) electrons. The van der Waals surface area contributed by atoms with Crippen molar-refractivity contribution in [1.82, 2.24) is 20.3 Å². The van der Waals surface area contributed by atoms with Crippen LogP contribution in [0.25, 0.3) is 16.7 Å². The predicted octanol–water partition coefficient (Wildman–Crippen LogP) is 4.15. The van der Waals surface area contributed by atoms with Crippen LogP contribution < -0.4 is 10.6 Å². The van der Waals surface area contributed by atoms with Crippen molar-refractivity contribution in [3.63, 3.8) is 0 Å². The standard InChI is InChI=1S/C21H25N5OS/c1-5-15-6-8-16(9-7-15)26-24-18-11-14(4)17(12-19(18)25-26)22-21(28)23-20(27)10-13(2)3/h6-9,11-13H,5,10H2,1-4H3,(H2,22,23,27,28). The van der Waals surface area contributed by atoms with Crippen LogP contribution in [0.2, 0.25) is 0 Å². The van der Waals surface area contributed by atoms with E-state index < -0.39 is 0 Å². The number of anilines is 1. The van der Waals surface area contributed by atoms with Crippen molar-refractivity contribution >= 4 is 40.0 Å². The number of thiocarbonyl (C=S) groups is 1. The maximum atomic E-state index is 11.9. The predicted molar refractivity (Wildman–Crippen MR) is 117 cm³/mol. The summed E-state index contributed by atoms with van der Waals surface area (Å²) in [6.45, 7) is 8.08. The van der Waals surface area contributed by atoms with E-state index in [2.05, 4.69) is 39.9 Å². The van der Waals surface area contributed by atoms with Gasteiger partial charge in [0.05, 0.1) is 5.69 Å². The summed E-state index contributed by atoms with van der Waals surface area (Å²) in [7, 11) is 0. The van der Waals surface area contributed by atoms with Crippen LogP contribution in [0.4, 0.5) is 5.69 Å². The van der Waals surface area contributed by atoms with E-state index in [9.17, 15) is 4.79 Å². The Balaban J connectivity index is 1.80. The molecule has 7 heteroatoms. The van der Waals surface area contributed by atoms with E-state index in [-0.39, 0.29) is 16.9 Å². The number of amides is 1. The van der Waals surface area contributed by atoms with Gasteiger partial charge in [-0.2, -0.15) is 4.80 Å². The average molecular weight is 396 g/mol. The number of nitrogens with one attached hydrogen (secondary N) is 2. The van der Waals surface area contributed by atoms with Gasteiger partial charge in [0.1, 0.15) is 11.0 Å². The Bertz CT molecular complexity index is 1010. The Hall–Kier alpha value is -2.80. The summed E-state index contributed by atoms with van der Waals surface area (Å²) >= 11 is 5.27. The lowest BCUT2D eigenvalue weighted by atomic mass is 10.1. The molecule has 0 bridgehead atoms. The first-order valence-corrected chi connectivity index (χ1v) is 9.84. The highest BCUT2D eigenvalue weighted by atomic mass is 32.1. The van der Waals surface area contributed by atoms with Gasteiger partial charge in [0.25, 0.3) is 0 Å². The van der Waals surface area contributed by atoms with Gasteiger partial charge < -0.3 is 10.6 Å². The monoisotopic (exact) mass is 395 g/mol. The van der Waals surface area contributed by atoms with E-state index in [1.807, 2.05) is 45.0 Å². The Morgan fingerprint density at radius 2 is 1.79 bits per heavy atom. The second-order valence-corrected chi connectivity index (χ2v) is 7.67. The minimum absolute atomic E-state index is 0.0901. The largest absolute Gasteiger partial charge is 0.332 e. The molecule has 0 aliphatic rings. The van der Waals surface area contributed by atoms with Crippen molar-refractivity contribution in [2.75, 3.05) is 5.32 Å². The van der Waals surface area contributed by atoms with Crippen molar-refractivity contribution in [3.8, 4) is 5.69 Å². The molecule has 2 N–H and O–H groups in total. The van der Waals surface area contributed by atoms with Crippen LogP contribution in [-0.2, 0) is 11.2 Å². The van der Waals surface area contributed by atoms with E-state index >= 15 is 0 Å². The number of benzene rings is 2. The van der Waals surface area contributed by atoms with Crippen molar-refractivity contribution in [2.24, 2.45) is 5.92 Å². The van der Waals surface area contributed by atoms with E-state index in [1.54, 1.807) is 4.80 Å². The number of hydrogen-bond acceptors (Lipinski definition) is 4. The quantitative estimate of drug-likeness (QED) is 0.635. The van der Waals surface area contributed by atoms with E-state index in [0.717, 1.165) is 34.4 Å². The van der Waals surface area contributed by atoms with Crippen LogP contribution in [0, 0.1) is 12.8 Å². The smallest absolute Gasteiger partial charge is 0.226 e. The van der Waals surface area contributed by atoms with E-state index in [0.29, 0.717) is 6.42 Å². The maximum absolute atomic E-state index is 11.9.